The number of hydrogen-bond donors (Lipinski definition) is 2. The summed E-state index contributed by atoms with van der Waals surface area (Å²) < 4.78 is 10.8. The zero-order chi connectivity index (χ0) is 15.5. The van der Waals surface area contributed by atoms with Crippen molar-refractivity contribution in [2.75, 3.05) is 40.0 Å². The van der Waals surface area contributed by atoms with Crippen molar-refractivity contribution in [1.29, 1.82) is 0 Å². The van der Waals surface area contributed by atoms with Crippen LogP contribution in [-0.2, 0) is 9.47 Å². The van der Waals surface area contributed by atoms with Gasteiger partial charge in [0.25, 0.3) is 0 Å². The van der Waals surface area contributed by atoms with Gasteiger partial charge in [-0.3, -0.25) is 10.00 Å². The van der Waals surface area contributed by atoms with Gasteiger partial charge in [0.15, 0.2) is 5.69 Å². The predicted molar refractivity (Wildman–Crippen MR) is 87.2 cm³/mol. The van der Waals surface area contributed by atoms with E-state index in [2.05, 4.69) is 15.1 Å². The Bertz CT molecular complexity index is 670. The van der Waals surface area contributed by atoms with E-state index in [9.17, 15) is 9.90 Å². The summed E-state index contributed by atoms with van der Waals surface area (Å²) in [6.07, 6.45) is 0. The molecule has 120 valence electrons. The molecule has 0 radical (unpaired) electrons. The first kappa shape index (κ1) is 18.4. The summed E-state index contributed by atoms with van der Waals surface area (Å²) in [4.78, 5) is 13.5. The Morgan fingerprint density at radius 1 is 1.48 bits per heavy atom. The van der Waals surface area contributed by atoms with Crippen LogP contribution in [0.1, 0.15) is 22.1 Å². The fourth-order valence-electron chi connectivity index (χ4n) is 2.94. The van der Waals surface area contributed by atoms with Crippen molar-refractivity contribution in [2.45, 2.75) is 6.04 Å². The zero-order valence-corrected chi connectivity index (χ0v) is 12.4. The molecule has 0 amide bonds. The molecule has 2 aromatic rings. The van der Waals surface area contributed by atoms with Crippen molar-refractivity contribution in [3.63, 3.8) is 0 Å². The number of fused-ring (bicyclic) bond motifs is 1. The second kappa shape index (κ2) is 8.23. The Balaban J connectivity index is 0.00000192. The monoisotopic (exact) mass is 329 g/mol. The van der Waals surface area contributed by atoms with Gasteiger partial charge in [-0.05, 0) is 5.56 Å². The molecule has 2 heterocycles. The summed E-state index contributed by atoms with van der Waals surface area (Å²) in [6, 6.07) is 5.67. The summed E-state index contributed by atoms with van der Waals surface area (Å²) in [5, 5.41) is 16.6. The number of hydrogen-bond acceptors (Lipinski definition) is 5. The van der Waals surface area contributed by atoms with Crippen LogP contribution in [0.5, 0.6) is 0 Å². The Kier molecular flexibility index (Phi) is 6.58. The van der Waals surface area contributed by atoms with E-state index in [-0.39, 0.29) is 41.3 Å². The Morgan fingerprint density at radius 3 is 2.87 bits per heavy atom. The van der Waals surface area contributed by atoms with Crippen LogP contribution < -0.4 is 0 Å². The Hall–Kier alpha value is -0.960. The van der Waals surface area contributed by atoms with Crippen LogP contribution in [0.25, 0.3) is 10.9 Å². The van der Waals surface area contributed by atoms with Crippen LogP contribution in [0.4, 0.5) is 0 Å². The summed E-state index contributed by atoms with van der Waals surface area (Å²) in [5.41, 5.74) is 1.81. The number of carbonyl (C=O) groups is 1. The fourth-order valence-corrected chi connectivity index (χ4v) is 2.94. The van der Waals surface area contributed by atoms with Gasteiger partial charge in [0.05, 0.1) is 31.4 Å². The van der Waals surface area contributed by atoms with Gasteiger partial charge in [0, 0.05) is 25.6 Å². The third kappa shape index (κ3) is 3.76. The fraction of sp³-hybridized carbons (Fsp3) is 0.467. The first-order valence-electron chi connectivity index (χ1n) is 7.23. The second-order valence-electron chi connectivity index (χ2n) is 5.27. The van der Waals surface area contributed by atoms with Gasteiger partial charge in [0.1, 0.15) is 0 Å². The number of methoxy groups -OCH3 is 1. The summed E-state index contributed by atoms with van der Waals surface area (Å²) >= 11 is 0. The number of carboxylic acids is 1. The minimum atomic E-state index is -1.03. The number of para-hydroxylation sites is 1. The molecule has 8 heteroatoms. The van der Waals surface area contributed by atoms with Crippen LogP contribution in [0.2, 0.25) is 0 Å². The van der Waals surface area contributed by atoms with E-state index in [0.717, 1.165) is 24.2 Å². The number of carboxylic acid groups (broad SMARTS) is 1. The molecule has 0 bridgehead atoms. The molecule has 1 aromatic heterocycles. The van der Waals surface area contributed by atoms with E-state index >= 15 is 0 Å². The van der Waals surface area contributed by atoms with Crippen molar-refractivity contribution in [1.82, 2.24) is 15.1 Å². The summed E-state index contributed by atoms with van der Waals surface area (Å²) in [6.45, 7) is 3.56. The van der Waals surface area contributed by atoms with Crippen molar-refractivity contribution in [2.24, 2.45) is 0 Å². The molecule has 2 N–H and O–H groups in total. The van der Waals surface area contributed by atoms with Gasteiger partial charge in [-0.2, -0.15) is 5.10 Å². The molecule has 1 aliphatic rings. The third-order valence-corrected chi connectivity index (χ3v) is 4.00. The molecule has 1 aromatic carbocycles. The van der Waals surface area contributed by atoms with Crippen molar-refractivity contribution in [3.05, 3.63) is 29.5 Å². The molecule has 1 unspecified atom stereocenters. The van der Waals surface area contributed by atoms with Crippen LogP contribution in [-0.4, -0.2) is 95.8 Å². The molecule has 23 heavy (non-hydrogen) atoms. The number of H-pyrrole nitrogens is 1. The number of nitrogens with zero attached hydrogens (tertiary/aromatic N) is 2. The van der Waals surface area contributed by atoms with Crippen LogP contribution in [0.3, 0.4) is 0 Å². The van der Waals surface area contributed by atoms with Gasteiger partial charge in [-0.1, -0.05) is 18.2 Å². The number of aromatic nitrogens is 2. The van der Waals surface area contributed by atoms with E-state index in [4.69, 9.17) is 9.47 Å². The topological polar surface area (TPSA) is 87.7 Å². The SMILES string of the molecule is COCC(c1cccc2c(C(=O)O)n[nH]c12)N1CCOCC1.[NaH]. The van der Waals surface area contributed by atoms with Crippen molar-refractivity contribution < 1.29 is 19.4 Å². The van der Waals surface area contributed by atoms with Crippen LogP contribution in [0, 0.1) is 0 Å². The number of aromatic amines is 1. The van der Waals surface area contributed by atoms with Gasteiger partial charge in [-0.15, -0.1) is 0 Å². The quantitative estimate of drug-likeness (QED) is 0.783. The van der Waals surface area contributed by atoms with E-state index in [1.54, 1.807) is 13.2 Å². The molecule has 1 aliphatic heterocycles. The molecular formula is C15H20N3NaO4. The minimum absolute atomic E-state index is 0. The van der Waals surface area contributed by atoms with Gasteiger partial charge >= 0.3 is 35.5 Å². The van der Waals surface area contributed by atoms with E-state index in [1.165, 1.54) is 0 Å². The molecule has 1 saturated heterocycles. The zero-order valence-electron chi connectivity index (χ0n) is 12.4. The number of aromatic carboxylic acids is 1. The van der Waals surface area contributed by atoms with Crippen molar-refractivity contribution >= 4 is 46.4 Å². The molecule has 0 aliphatic carbocycles. The molecule has 0 spiro atoms. The second-order valence-corrected chi connectivity index (χ2v) is 5.27. The first-order valence-corrected chi connectivity index (χ1v) is 7.23. The molecule has 3 rings (SSSR count). The molecular weight excluding hydrogens is 309 g/mol. The molecule has 0 saturated carbocycles. The van der Waals surface area contributed by atoms with Crippen LogP contribution in [0.15, 0.2) is 18.2 Å². The average Bonchev–Trinajstić information content (AvgIpc) is 2.98. The number of ether oxygens (including phenoxy) is 2. The number of morpholine rings is 1. The first-order chi connectivity index (χ1) is 10.7. The normalized spacial score (nSPS) is 16.9. The number of nitrogens with one attached hydrogen (secondary N) is 1. The third-order valence-electron chi connectivity index (χ3n) is 4.00. The summed E-state index contributed by atoms with van der Waals surface area (Å²) in [5.74, 6) is -1.03. The summed E-state index contributed by atoms with van der Waals surface area (Å²) in [7, 11) is 1.67. The van der Waals surface area contributed by atoms with Gasteiger partial charge < -0.3 is 14.6 Å². The van der Waals surface area contributed by atoms with E-state index in [0.29, 0.717) is 25.2 Å². The predicted octanol–water partition coefficient (Wildman–Crippen LogP) is 0.632. The van der Waals surface area contributed by atoms with Gasteiger partial charge in [-0.25, -0.2) is 4.79 Å². The molecule has 7 nitrogen and oxygen atoms in total. The van der Waals surface area contributed by atoms with Gasteiger partial charge in [0.2, 0.25) is 0 Å². The maximum atomic E-state index is 11.3. The Morgan fingerprint density at radius 2 is 2.22 bits per heavy atom. The number of benzene rings is 1. The van der Waals surface area contributed by atoms with Crippen LogP contribution >= 0.6 is 0 Å². The number of rotatable bonds is 5. The van der Waals surface area contributed by atoms with E-state index < -0.39 is 5.97 Å². The maximum absolute atomic E-state index is 11.3. The van der Waals surface area contributed by atoms with E-state index in [1.807, 2.05) is 12.1 Å². The average molecular weight is 329 g/mol. The molecule has 1 fully saturated rings. The standard InChI is InChI=1S/C15H19N3O4.Na.H/c1-21-9-12(18-5-7-22-8-6-18)10-3-2-4-11-13(10)16-17-14(11)15(19)20;;/h2-4,12H,5-9H2,1H3,(H,16,17)(H,19,20);;. The molecule has 1 atom stereocenters. The van der Waals surface area contributed by atoms with Crippen molar-refractivity contribution in [3.8, 4) is 0 Å². The Labute approximate surface area is 156 Å².